The van der Waals surface area contributed by atoms with Gasteiger partial charge in [0.2, 0.25) is 0 Å². The lowest BCUT2D eigenvalue weighted by molar-refractivity contribution is 0.0989. The molecule has 0 spiro atoms. The Balaban J connectivity index is 1.62. The van der Waals surface area contributed by atoms with Crippen LogP contribution in [-0.4, -0.2) is 20.9 Å². The van der Waals surface area contributed by atoms with Gasteiger partial charge in [0.25, 0.3) is 15.9 Å². The third kappa shape index (κ3) is 3.66. The van der Waals surface area contributed by atoms with Crippen molar-refractivity contribution in [3.8, 4) is 0 Å². The number of hydrogen-bond acceptors (Lipinski definition) is 3. The standard InChI is InChI=1S/C22H18F2N2O3S/c1-14-5-7-15(8-6-14)22(27)26-12-11-16-13-17(9-10-20(16)26)30(28,29)25-21-18(23)3-2-4-19(21)24/h2-10,13,25H,11-12H2,1H3. The first kappa shape index (κ1) is 20.0. The first-order valence-electron chi connectivity index (χ1n) is 9.24. The summed E-state index contributed by atoms with van der Waals surface area (Å²) in [6.07, 6.45) is 0.477. The fourth-order valence-electron chi connectivity index (χ4n) is 3.40. The number of carbonyl (C=O) groups is 1. The summed E-state index contributed by atoms with van der Waals surface area (Å²) >= 11 is 0. The number of benzene rings is 3. The normalized spacial score (nSPS) is 13.2. The summed E-state index contributed by atoms with van der Waals surface area (Å²) in [4.78, 5) is 14.3. The van der Waals surface area contributed by atoms with Crippen LogP contribution in [-0.2, 0) is 16.4 Å². The van der Waals surface area contributed by atoms with E-state index in [1.165, 1.54) is 12.1 Å². The maximum Gasteiger partial charge on any atom is 0.262 e. The Morgan fingerprint density at radius 1 is 1.00 bits per heavy atom. The molecule has 30 heavy (non-hydrogen) atoms. The van der Waals surface area contributed by atoms with Gasteiger partial charge in [-0.05, 0) is 61.4 Å². The predicted molar refractivity (Wildman–Crippen MR) is 110 cm³/mol. The van der Waals surface area contributed by atoms with Crippen molar-refractivity contribution in [1.82, 2.24) is 0 Å². The summed E-state index contributed by atoms with van der Waals surface area (Å²) in [7, 11) is -4.21. The molecule has 0 fully saturated rings. The fourth-order valence-corrected chi connectivity index (χ4v) is 4.52. The molecule has 1 amide bonds. The van der Waals surface area contributed by atoms with Crippen LogP contribution in [0.5, 0.6) is 0 Å². The van der Waals surface area contributed by atoms with E-state index in [1.54, 1.807) is 23.1 Å². The van der Waals surface area contributed by atoms with Crippen molar-refractivity contribution in [3.63, 3.8) is 0 Å². The predicted octanol–water partition coefficient (Wildman–Crippen LogP) is 4.28. The summed E-state index contributed by atoms with van der Waals surface area (Å²) in [6, 6.07) is 14.6. The van der Waals surface area contributed by atoms with Crippen molar-refractivity contribution in [2.75, 3.05) is 16.2 Å². The number of hydrogen-bond donors (Lipinski definition) is 1. The summed E-state index contributed by atoms with van der Waals surface area (Å²) in [5, 5.41) is 0. The molecule has 0 bridgehead atoms. The molecule has 5 nitrogen and oxygen atoms in total. The second-order valence-corrected chi connectivity index (χ2v) is 8.75. The number of nitrogens with one attached hydrogen (secondary N) is 1. The van der Waals surface area contributed by atoms with Crippen molar-refractivity contribution in [2.45, 2.75) is 18.2 Å². The molecule has 0 aliphatic carbocycles. The lowest BCUT2D eigenvalue weighted by Crippen LogP contribution is -2.28. The van der Waals surface area contributed by atoms with E-state index in [0.29, 0.717) is 29.8 Å². The smallest absolute Gasteiger partial charge is 0.262 e. The van der Waals surface area contributed by atoms with E-state index in [4.69, 9.17) is 0 Å². The van der Waals surface area contributed by atoms with Gasteiger partial charge < -0.3 is 4.90 Å². The zero-order valence-corrected chi connectivity index (χ0v) is 16.8. The van der Waals surface area contributed by atoms with Gasteiger partial charge in [-0.3, -0.25) is 9.52 Å². The Morgan fingerprint density at radius 2 is 1.67 bits per heavy atom. The third-order valence-corrected chi connectivity index (χ3v) is 6.35. The molecule has 0 aromatic heterocycles. The number of nitrogens with zero attached hydrogens (tertiary/aromatic N) is 1. The van der Waals surface area contributed by atoms with Crippen LogP contribution in [0.25, 0.3) is 0 Å². The van der Waals surface area contributed by atoms with Crippen LogP contribution in [0.4, 0.5) is 20.2 Å². The van der Waals surface area contributed by atoms with Gasteiger partial charge in [-0.25, -0.2) is 17.2 Å². The summed E-state index contributed by atoms with van der Waals surface area (Å²) in [5.74, 6) is -2.18. The molecule has 0 radical (unpaired) electrons. The molecule has 0 atom stereocenters. The minimum absolute atomic E-state index is 0.131. The second-order valence-electron chi connectivity index (χ2n) is 7.07. The van der Waals surface area contributed by atoms with Crippen molar-refractivity contribution >= 4 is 27.3 Å². The van der Waals surface area contributed by atoms with E-state index in [2.05, 4.69) is 0 Å². The number of halogens is 2. The molecular formula is C22H18F2N2O3S. The number of fused-ring (bicyclic) bond motifs is 1. The average molecular weight is 428 g/mol. The van der Waals surface area contributed by atoms with Crippen LogP contribution >= 0.6 is 0 Å². The molecule has 1 N–H and O–H groups in total. The summed E-state index contributed by atoms with van der Waals surface area (Å²) < 4.78 is 54.9. The van der Waals surface area contributed by atoms with E-state index in [1.807, 2.05) is 23.8 Å². The molecule has 0 saturated carbocycles. The van der Waals surface area contributed by atoms with E-state index in [0.717, 1.165) is 23.8 Å². The molecule has 4 rings (SSSR count). The summed E-state index contributed by atoms with van der Waals surface area (Å²) in [6.45, 7) is 2.35. The Bertz CT molecular complexity index is 1220. The highest BCUT2D eigenvalue weighted by molar-refractivity contribution is 7.92. The third-order valence-electron chi connectivity index (χ3n) is 5.00. The van der Waals surface area contributed by atoms with Crippen molar-refractivity contribution in [1.29, 1.82) is 0 Å². The quantitative estimate of drug-likeness (QED) is 0.675. The van der Waals surface area contributed by atoms with Crippen LogP contribution < -0.4 is 9.62 Å². The lowest BCUT2D eigenvalue weighted by atomic mass is 10.1. The van der Waals surface area contributed by atoms with Gasteiger partial charge >= 0.3 is 0 Å². The average Bonchev–Trinajstić information content (AvgIpc) is 3.14. The lowest BCUT2D eigenvalue weighted by Gasteiger charge is -2.18. The minimum atomic E-state index is -4.21. The highest BCUT2D eigenvalue weighted by Gasteiger charge is 2.28. The second kappa shape index (κ2) is 7.53. The van der Waals surface area contributed by atoms with E-state index < -0.39 is 27.3 Å². The van der Waals surface area contributed by atoms with Gasteiger partial charge in [-0.1, -0.05) is 23.8 Å². The highest BCUT2D eigenvalue weighted by Crippen LogP contribution is 2.32. The number of amides is 1. The molecule has 3 aromatic carbocycles. The number of rotatable bonds is 4. The van der Waals surface area contributed by atoms with Crippen LogP contribution in [0.2, 0.25) is 0 Å². The molecule has 1 heterocycles. The number of anilines is 2. The highest BCUT2D eigenvalue weighted by atomic mass is 32.2. The van der Waals surface area contributed by atoms with Gasteiger partial charge in [0.1, 0.15) is 17.3 Å². The van der Waals surface area contributed by atoms with Crippen LogP contribution in [0.1, 0.15) is 21.5 Å². The minimum Gasteiger partial charge on any atom is -0.308 e. The van der Waals surface area contributed by atoms with Gasteiger partial charge in [0.05, 0.1) is 4.90 Å². The van der Waals surface area contributed by atoms with Crippen LogP contribution in [0.15, 0.2) is 65.6 Å². The number of sulfonamides is 1. The Kier molecular flexibility index (Phi) is 5.03. The molecule has 1 aliphatic rings. The molecule has 0 unspecified atom stereocenters. The van der Waals surface area contributed by atoms with Gasteiger partial charge in [-0.2, -0.15) is 0 Å². The number of aryl methyl sites for hydroxylation is 1. The molecule has 1 aliphatic heterocycles. The van der Waals surface area contributed by atoms with Gasteiger partial charge in [-0.15, -0.1) is 0 Å². The zero-order chi connectivity index (χ0) is 21.5. The molecular weight excluding hydrogens is 410 g/mol. The van der Waals surface area contributed by atoms with Gasteiger partial charge in [0.15, 0.2) is 0 Å². The maximum absolute atomic E-state index is 13.8. The van der Waals surface area contributed by atoms with E-state index >= 15 is 0 Å². The molecule has 154 valence electrons. The number of carbonyl (C=O) groups excluding carboxylic acids is 1. The zero-order valence-electron chi connectivity index (χ0n) is 16.0. The topological polar surface area (TPSA) is 66.5 Å². The molecule has 0 saturated heterocycles. The fraction of sp³-hybridized carbons (Fsp3) is 0.136. The first-order valence-corrected chi connectivity index (χ1v) is 10.7. The first-order chi connectivity index (χ1) is 14.3. The van der Waals surface area contributed by atoms with Gasteiger partial charge in [0, 0.05) is 17.8 Å². The molecule has 3 aromatic rings. The molecule has 8 heteroatoms. The maximum atomic E-state index is 13.8. The Hall–Kier alpha value is -3.26. The van der Waals surface area contributed by atoms with Crippen molar-refractivity contribution < 1.29 is 22.0 Å². The monoisotopic (exact) mass is 428 g/mol. The summed E-state index contributed by atoms with van der Waals surface area (Å²) in [5.41, 5.74) is 2.15. The van der Waals surface area contributed by atoms with E-state index in [9.17, 15) is 22.0 Å². The Labute approximate surface area is 173 Å². The van der Waals surface area contributed by atoms with Crippen molar-refractivity contribution in [2.24, 2.45) is 0 Å². The Morgan fingerprint density at radius 3 is 2.33 bits per heavy atom. The van der Waals surface area contributed by atoms with E-state index in [-0.39, 0.29) is 10.8 Å². The largest absolute Gasteiger partial charge is 0.308 e. The number of para-hydroxylation sites is 1. The van der Waals surface area contributed by atoms with Crippen LogP contribution in [0, 0.1) is 18.6 Å². The SMILES string of the molecule is Cc1ccc(C(=O)N2CCc3cc(S(=O)(=O)Nc4c(F)cccc4F)ccc32)cc1. The van der Waals surface area contributed by atoms with Crippen molar-refractivity contribution in [3.05, 3.63) is 89.0 Å². The van der Waals surface area contributed by atoms with Crippen LogP contribution in [0.3, 0.4) is 0 Å².